The molecule has 1 aliphatic rings. The Balaban J connectivity index is 1.73. The zero-order valence-electron chi connectivity index (χ0n) is 13.5. The number of carbonyl (C=O) groups is 1. The summed E-state index contributed by atoms with van der Waals surface area (Å²) < 4.78 is 2.18. The number of thiophene rings is 1. The Morgan fingerprint density at radius 2 is 2.26 bits per heavy atom. The maximum atomic E-state index is 12.6. The second-order valence-electron chi connectivity index (χ2n) is 6.09. The number of nitrogens with zero attached hydrogens (tertiary/aromatic N) is 1. The van der Waals surface area contributed by atoms with Gasteiger partial charge in [0.25, 0.3) is 5.91 Å². The molecule has 2 aromatic heterocycles. The van der Waals surface area contributed by atoms with E-state index in [0.717, 1.165) is 29.9 Å². The third kappa shape index (κ3) is 3.41. The monoisotopic (exact) mass is 330 g/mol. The number of rotatable bonds is 5. The topological polar surface area (TPSA) is 54.3 Å². The van der Waals surface area contributed by atoms with Crippen molar-refractivity contribution < 1.29 is 9.90 Å². The fraction of sp³-hybridized carbons (Fsp3) is 0.389. The minimum atomic E-state index is -0.0382. The van der Waals surface area contributed by atoms with Gasteiger partial charge >= 0.3 is 0 Å². The van der Waals surface area contributed by atoms with Gasteiger partial charge in [-0.25, -0.2) is 0 Å². The molecular formula is C18H22N2O2S. The molecule has 122 valence electrons. The third-order valence-corrected chi connectivity index (χ3v) is 5.30. The maximum Gasteiger partial charge on any atom is 0.253 e. The standard InChI is InChI=1S/C18H22N2O2S/c1-12-8-17(13(2)20(12)10-16-4-3-7-23-16)18(22)19-15-6-5-14(9-15)11-21/h3-8,14-15,21H,9-11H2,1-2H3,(H,19,22)/t14-,15+/m0/s1. The first-order valence-corrected chi connectivity index (χ1v) is 8.75. The smallest absolute Gasteiger partial charge is 0.253 e. The minimum absolute atomic E-state index is 0.0139. The molecule has 1 amide bonds. The van der Waals surface area contributed by atoms with Gasteiger partial charge < -0.3 is 15.0 Å². The van der Waals surface area contributed by atoms with Crippen LogP contribution in [0.15, 0.2) is 35.7 Å². The molecule has 2 atom stereocenters. The van der Waals surface area contributed by atoms with E-state index < -0.39 is 0 Å². The van der Waals surface area contributed by atoms with Gasteiger partial charge in [0.05, 0.1) is 12.1 Å². The highest BCUT2D eigenvalue weighted by molar-refractivity contribution is 7.09. The number of aromatic nitrogens is 1. The largest absolute Gasteiger partial charge is 0.396 e. The van der Waals surface area contributed by atoms with Crippen LogP contribution in [0.5, 0.6) is 0 Å². The van der Waals surface area contributed by atoms with E-state index in [2.05, 4.69) is 21.3 Å². The lowest BCUT2D eigenvalue weighted by atomic mass is 10.1. The number of carbonyl (C=O) groups excluding carboxylic acids is 1. The number of hydrogen-bond acceptors (Lipinski definition) is 3. The summed E-state index contributed by atoms with van der Waals surface area (Å²) in [6, 6.07) is 6.13. The van der Waals surface area contributed by atoms with Crippen molar-refractivity contribution in [1.29, 1.82) is 0 Å². The SMILES string of the molecule is Cc1cc(C(=O)N[C@@H]2C=C[C@H](CO)C2)c(C)n1Cc1cccs1. The van der Waals surface area contributed by atoms with Crippen molar-refractivity contribution in [2.24, 2.45) is 5.92 Å². The van der Waals surface area contributed by atoms with E-state index in [1.165, 1.54) is 4.88 Å². The average Bonchev–Trinajstić information content (AvgIpc) is 3.25. The highest BCUT2D eigenvalue weighted by Crippen LogP contribution is 2.21. The molecule has 2 aromatic rings. The number of aryl methyl sites for hydroxylation is 1. The number of amides is 1. The van der Waals surface area contributed by atoms with Gasteiger partial charge in [0.1, 0.15) is 0 Å². The Morgan fingerprint density at radius 3 is 2.91 bits per heavy atom. The van der Waals surface area contributed by atoms with Crippen molar-refractivity contribution in [2.75, 3.05) is 6.61 Å². The van der Waals surface area contributed by atoms with Gasteiger partial charge in [-0.15, -0.1) is 11.3 Å². The first kappa shape index (κ1) is 16.0. The summed E-state index contributed by atoms with van der Waals surface area (Å²) in [5.74, 6) is 0.121. The predicted molar refractivity (Wildman–Crippen MR) is 92.9 cm³/mol. The van der Waals surface area contributed by atoms with Crippen molar-refractivity contribution in [3.05, 3.63) is 57.6 Å². The molecule has 0 aromatic carbocycles. The quantitative estimate of drug-likeness (QED) is 0.828. The molecule has 0 unspecified atom stereocenters. The van der Waals surface area contributed by atoms with Crippen LogP contribution in [0.1, 0.15) is 33.0 Å². The molecule has 4 nitrogen and oxygen atoms in total. The maximum absolute atomic E-state index is 12.6. The second-order valence-corrected chi connectivity index (χ2v) is 7.13. The van der Waals surface area contributed by atoms with Crippen LogP contribution >= 0.6 is 11.3 Å². The molecule has 1 aliphatic carbocycles. The average molecular weight is 330 g/mol. The molecule has 0 bridgehead atoms. The number of aliphatic hydroxyl groups excluding tert-OH is 1. The van der Waals surface area contributed by atoms with E-state index in [4.69, 9.17) is 0 Å². The minimum Gasteiger partial charge on any atom is -0.396 e. The van der Waals surface area contributed by atoms with Crippen LogP contribution in [-0.4, -0.2) is 28.2 Å². The Hall–Kier alpha value is -1.85. The number of nitrogens with one attached hydrogen (secondary N) is 1. The Labute approximate surface area is 140 Å². The van der Waals surface area contributed by atoms with Gasteiger partial charge in [-0.05, 0) is 37.8 Å². The number of aliphatic hydroxyl groups is 1. The van der Waals surface area contributed by atoms with Crippen LogP contribution in [-0.2, 0) is 6.54 Å². The Morgan fingerprint density at radius 1 is 1.43 bits per heavy atom. The highest BCUT2D eigenvalue weighted by atomic mass is 32.1. The molecule has 3 rings (SSSR count). The van der Waals surface area contributed by atoms with Gasteiger partial charge in [-0.2, -0.15) is 0 Å². The molecule has 0 spiro atoms. The summed E-state index contributed by atoms with van der Waals surface area (Å²) in [5, 5.41) is 14.3. The summed E-state index contributed by atoms with van der Waals surface area (Å²) in [6.45, 7) is 4.97. The second kappa shape index (κ2) is 6.72. The fourth-order valence-electron chi connectivity index (χ4n) is 3.10. The van der Waals surface area contributed by atoms with E-state index >= 15 is 0 Å². The van der Waals surface area contributed by atoms with Crippen LogP contribution in [0.4, 0.5) is 0 Å². The zero-order chi connectivity index (χ0) is 16.4. The van der Waals surface area contributed by atoms with Gasteiger partial charge in [-0.1, -0.05) is 18.2 Å². The highest BCUT2D eigenvalue weighted by Gasteiger charge is 2.22. The normalized spacial score (nSPS) is 20.1. The Kier molecular flexibility index (Phi) is 4.68. The van der Waals surface area contributed by atoms with Crippen LogP contribution in [0.2, 0.25) is 0 Å². The Bertz CT molecular complexity index is 716. The first-order chi connectivity index (χ1) is 11.1. The van der Waals surface area contributed by atoms with Crippen molar-refractivity contribution in [1.82, 2.24) is 9.88 Å². The molecular weight excluding hydrogens is 308 g/mol. The lowest BCUT2D eigenvalue weighted by Gasteiger charge is -2.13. The van der Waals surface area contributed by atoms with E-state index in [1.807, 2.05) is 38.1 Å². The van der Waals surface area contributed by atoms with E-state index in [9.17, 15) is 9.90 Å². The van der Waals surface area contributed by atoms with Crippen LogP contribution in [0, 0.1) is 19.8 Å². The van der Waals surface area contributed by atoms with Crippen molar-refractivity contribution in [3.63, 3.8) is 0 Å². The molecule has 0 fully saturated rings. The zero-order valence-corrected chi connectivity index (χ0v) is 14.3. The van der Waals surface area contributed by atoms with E-state index in [-0.39, 0.29) is 24.5 Å². The van der Waals surface area contributed by atoms with Crippen LogP contribution in [0.3, 0.4) is 0 Å². The molecule has 2 heterocycles. The molecule has 23 heavy (non-hydrogen) atoms. The molecule has 0 radical (unpaired) electrons. The molecule has 5 heteroatoms. The van der Waals surface area contributed by atoms with Gasteiger partial charge in [0.15, 0.2) is 0 Å². The van der Waals surface area contributed by atoms with Crippen molar-refractivity contribution in [3.8, 4) is 0 Å². The summed E-state index contributed by atoms with van der Waals surface area (Å²) in [5.41, 5.74) is 2.82. The van der Waals surface area contributed by atoms with Crippen LogP contribution < -0.4 is 5.32 Å². The molecule has 0 aliphatic heterocycles. The van der Waals surface area contributed by atoms with Crippen molar-refractivity contribution in [2.45, 2.75) is 32.9 Å². The van der Waals surface area contributed by atoms with Crippen molar-refractivity contribution >= 4 is 17.2 Å². The van der Waals surface area contributed by atoms with Gasteiger partial charge in [-0.3, -0.25) is 4.79 Å². The molecule has 0 saturated heterocycles. The lowest BCUT2D eigenvalue weighted by molar-refractivity contribution is 0.0940. The third-order valence-electron chi connectivity index (χ3n) is 4.44. The van der Waals surface area contributed by atoms with Crippen LogP contribution in [0.25, 0.3) is 0 Å². The van der Waals surface area contributed by atoms with Gasteiger partial charge in [0, 0.05) is 34.8 Å². The first-order valence-electron chi connectivity index (χ1n) is 7.87. The molecule has 0 saturated carbocycles. The summed E-state index contributed by atoms with van der Waals surface area (Å²) in [6.07, 6.45) is 4.73. The predicted octanol–water partition coefficient (Wildman–Crippen LogP) is 2.88. The van der Waals surface area contributed by atoms with E-state index in [1.54, 1.807) is 11.3 Å². The summed E-state index contributed by atoms with van der Waals surface area (Å²) in [4.78, 5) is 13.8. The fourth-order valence-corrected chi connectivity index (χ4v) is 3.79. The summed E-state index contributed by atoms with van der Waals surface area (Å²) >= 11 is 1.73. The van der Waals surface area contributed by atoms with E-state index in [0.29, 0.717) is 0 Å². The lowest BCUT2D eigenvalue weighted by Crippen LogP contribution is -2.33. The van der Waals surface area contributed by atoms with Gasteiger partial charge in [0.2, 0.25) is 0 Å². The molecule has 2 N–H and O–H groups in total. The number of hydrogen-bond donors (Lipinski definition) is 2. The summed E-state index contributed by atoms with van der Waals surface area (Å²) in [7, 11) is 0.